The number of esters is 1. The Labute approximate surface area is 190 Å². The molecule has 0 unspecified atom stereocenters. The molecule has 2 N–H and O–H groups in total. The Kier molecular flexibility index (Phi) is 5.75. The fourth-order valence-electron chi connectivity index (χ4n) is 3.52. The molecule has 2 aromatic carbocycles. The number of aliphatic hydroxyl groups is 1. The molecule has 9 nitrogen and oxygen atoms in total. The largest absolute Gasteiger partial charge is 0.481 e. The average molecular weight is 471 g/mol. The van der Waals surface area contributed by atoms with Gasteiger partial charge in [0.05, 0.1) is 11.1 Å². The first-order chi connectivity index (χ1) is 15.6. The molecule has 168 valence electrons. The molecule has 0 radical (unpaired) electrons. The summed E-state index contributed by atoms with van der Waals surface area (Å²) in [4.78, 5) is 48.5. The number of aliphatic hydroxyl groups excluding tert-OH is 1. The molecular weight excluding hydrogens is 456 g/mol. The third-order valence-electron chi connectivity index (χ3n) is 4.91. The van der Waals surface area contributed by atoms with Crippen LogP contribution >= 0.6 is 11.6 Å². The quantitative estimate of drug-likeness (QED) is 0.254. The first-order valence-electron chi connectivity index (χ1n) is 9.54. The summed E-state index contributed by atoms with van der Waals surface area (Å²) in [6.45, 7) is 1.20. The zero-order chi connectivity index (χ0) is 23.9. The van der Waals surface area contributed by atoms with Crippen LogP contribution in [0.5, 0.6) is 11.5 Å². The second kappa shape index (κ2) is 8.53. The first kappa shape index (κ1) is 22.3. The molecule has 2 heterocycles. The Bertz CT molecular complexity index is 1400. The van der Waals surface area contributed by atoms with E-state index in [0.717, 1.165) is 12.1 Å². The lowest BCUT2D eigenvalue weighted by Gasteiger charge is -2.25. The highest BCUT2D eigenvalue weighted by atomic mass is 35.5. The zero-order valence-electron chi connectivity index (χ0n) is 16.9. The second-order valence-corrected chi connectivity index (χ2v) is 7.59. The summed E-state index contributed by atoms with van der Waals surface area (Å²) in [5, 5.41) is 20.7. The van der Waals surface area contributed by atoms with Crippen molar-refractivity contribution in [3.05, 3.63) is 80.7 Å². The fourth-order valence-corrected chi connectivity index (χ4v) is 3.69. The van der Waals surface area contributed by atoms with Crippen molar-refractivity contribution in [3.63, 3.8) is 0 Å². The van der Waals surface area contributed by atoms with Gasteiger partial charge in [0.1, 0.15) is 23.0 Å². The number of carboxylic acids is 1. The third kappa shape index (κ3) is 4.36. The molecule has 0 bridgehead atoms. The van der Waals surface area contributed by atoms with Crippen molar-refractivity contribution in [3.8, 4) is 11.5 Å². The molecule has 1 aliphatic heterocycles. The molecule has 1 aromatic heterocycles. The van der Waals surface area contributed by atoms with Crippen LogP contribution in [0.2, 0.25) is 5.02 Å². The minimum atomic E-state index is -1.73. The number of halogens is 1. The summed E-state index contributed by atoms with van der Waals surface area (Å²) in [5.41, 5.74) is -1.13. The minimum Gasteiger partial charge on any atom is -0.481 e. The molecule has 0 spiro atoms. The zero-order valence-corrected chi connectivity index (χ0v) is 17.7. The molecular formula is C23H15ClO9. The Hall–Kier alpha value is -3.95. The highest BCUT2D eigenvalue weighted by Crippen LogP contribution is 2.35. The molecule has 0 saturated heterocycles. The van der Waals surface area contributed by atoms with Crippen molar-refractivity contribution in [2.75, 3.05) is 0 Å². The van der Waals surface area contributed by atoms with E-state index in [1.54, 1.807) is 0 Å². The van der Waals surface area contributed by atoms with E-state index in [1.807, 2.05) is 0 Å². The topological polar surface area (TPSA) is 140 Å². The van der Waals surface area contributed by atoms with E-state index < -0.39 is 35.6 Å². The Balaban J connectivity index is 1.85. The Morgan fingerprint density at radius 2 is 1.91 bits per heavy atom. The number of fused-ring (bicyclic) bond motifs is 2. The van der Waals surface area contributed by atoms with Gasteiger partial charge in [0, 0.05) is 29.5 Å². The van der Waals surface area contributed by atoms with Gasteiger partial charge in [0.2, 0.25) is 6.29 Å². The maximum Gasteiger partial charge on any atom is 0.336 e. The lowest BCUT2D eigenvalue weighted by atomic mass is 9.90. The van der Waals surface area contributed by atoms with E-state index in [-0.39, 0.29) is 44.2 Å². The number of hydrogen-bond donors (Lipinski definition) is 2. The van der Waals surface area contributed by atoms with Gasteiger partial charge in [0.15, 0.2) is 5.78 Å². The van der Waals surface area contributed by atoms with Crippen LogP contribution in [0.25, 0.3) is 11.0 Å². The summed E-state index contributed by atoms with van der Waals surface area (Å²) in [6.07, 6.45) is -0.706. The monoisotopic (exact) mass is 470 g/mol. The maximum absolute atomic E-state index is 13.0. The van der Waals surface area contributed by atoms with E-state index in [0.29, 0.717) is 0 Å². The number of hydrogen-bond acceptors (Lipinski definition) is 8. The Morgan fingerprint density at radius 3 is 2.61 bits per heavy atom. The van der Waals surface area contributed by atoms with Crippen molar-refractivity contribution in [2.45, 2.75) is 19.1 Å². The molecule has 0 fully saturated rings. The summed E-state index contributed by atoms with van der Waals surface area (Å²) in [6, 6.07) is 9.32. The lowest BCUT2D eigenvalue weighted by molar-refractivity contribution is -0.137. The molecule has 4 rings (SSSR count). The summed E-state index contributed by atoms with van der Waals surface area (Å²) >= 11 is 5.94. The molecule has 10 heteroatoms. The van der Waals surface area contributed by atoms with E-state index in [9.17, 15) is 29.4 Å². The van der Waals surface area contributed by atoms with Crippen LogP contribution in [0, 0.1) is 0 Å². The molecule has 33 heavy (non-hydrogen) atoms. The van der Waals surface area contributed by atoms with Crippen LogP contribution in [0.15, 0.2) is 63.3 Å². The van der Waals surface area contributed by atoms with Gasteiger partial charge < -0.3 is 24.1 Å². The van der Waals surface area contributed by atoms with E-state index in [1.165, 1.54) is 43.3 Å². The van der Waals surface area contributed by atoms with Gasteiger partial charge in [-0.15, -0.1) is 0 Å². The van der Waals surface area contributed by atoms with Gasteiger partial charge in [-0.25, -0.2) is 4.79 Å². The van der Waals surface area contributed by atoms with Crippen molar-refractivity contribution in [2.24, 2.45) is 0 Å². The normalized spacial score (nSPS) is 17.4. The maximum atomic E-state index is 13.0. The fraction of sp³-hybridized carbons (Fsp3) is 0.130. The van der Waals surface area contributed by atoms with Crippen LogP contribution in [-0.2, 0) is 9.59 Å². The number of ether oxygens (including phenoxy) is 2. The summed E-state index contributed by atoms with van der Waals surface area (Å²) < 4.78 is 15.4. The highest BCUT2D eigenvalue weighted by molar-refractivity contribution is 6.31. The van der Waals surface area contributed by atoms with Gasteiger partial charge in [-0.05, 0) is 35.9 Å². The van der Waals surface area contributed by atoms with Crippen LogP contribution in [-0.4, -0.2) is 34.2 Å². The van der Waals surface area contributed by atoms with Crippen LogP contribution in [0.1, 0.15) is 28.8 Å². The van der Waals surface area contributed by atoms with Gasteiger partial charge in [0.25, 0.3) is 0 Å². The SMILES string of the molecule is CC(=O)Oc1ccc2c([C@@H](/C=C3/C(=O)c4cc(Cl)ccc4O[C@@H]3O)C(=O)O)cc(=O)oc2c1. The Morgan fingerprint density at radius 1 is 1.15 bits per heavy atom. The number of carboxylic acid groups (broad SMARTS) is 1. The molecule has 0 amide bonds. The van der Waals surface area contributed by atoms with Gasteiger partial charge in [-0.3, -0.25) is 14.4 Å². The number of carbonyl (C=O) groups excluding carboxylic acids is 2. The number of ketones is 1. The van der Waals surface area contributed by atoms with Crippen LogP contribution in [0.4, 0.5) is 0 Å². The molecule has 3 aromatic rings. The minimum absolute atomic E-state index is 0.00696. The van der Waals surface area contributed by atoms with Crippen molar-refractivity contribution in [1.29, 1.82) is 0 Å². The number of Topliss-reactive ketones (excluding diaryl/α,β-unsaturated/α-hetero) is 1. The number of aliphatic carboxylic acids is 1. The van der Waals surface area contributed by atoms with Crippen LogP contribution < -0.4 is 15.1 Å². The van der Waals surface area contributed by atoms with Crippen LogP contribution in [0.3, 0.4) is 0 Å². The van der Waals surface area contributed by atoms with Gasteiger partial charge in [-0.2, -0.15) is 0 Å². The highest BCUT2D eigenvalue weighted by Gasteiger charge is 2.33. The predicted molar refractivity (Wildman–Crippen MR) is 115 cm³/mol. The predicted octanol–water partition coefficient (Wildman–Crippen LogP) is 3.06. The number of carbonyl (C=O) groups is 3. The molecule has 0 saturated carbocycles. The van der Waals surface area contributed by atoms with E-state index in [4.69, 9.17) is 25.5 Å². The third-order valence-corrected chi connectivity index (χ3v) is 5.15. The van der Waals surface area contributed by atoms with E-state index >= 15 is 0 Å². The van der Waals surface area contributed by atoms with E-state index in [2.05, 4.69) is 0 Å². The van der Waals surface area contributed by atoms with Gasteiger partial charge in [-0.1, -0.05) is 17.7 Å². The summed E-state index contributed by atoms with van der Waals surface area (Å²) in [7, 11) is 0. The molecule has 2 atom stereocenters. The number of benzene rings is 2. The van der Waals surface area contributed by atoms with Gasteiger partial charge >= 0.3 is 17.6 Å². The molecule has 0 aliphatic carbocycles. The number of rotatable bonds is 4. The van der Waals surface area contributed by atoms with Crippen molar-refractivity contribution >= 4 is 40.3 Å². The molecule has 1 aliphatic rings. The smallest absolute Gasteiger partial charge is 0.336 e. The first-order valence-corrected chi connectivity index (χ1v) is 9.91. The van der Waals surface area contributed by atoms with Crippen molar-refractivity contribution in [1.82, 2.24) is 0 Å². The van der Waals surface area contributed by atoms with Crippen molar-refractivity contribution < 1.29 is 38.5 Å². The average Bonchev–Trinajstić information content (AvgIpc) is 2.73. The summed E-state index contributed by atoms with van der Waals surface area (Å²) in [5.74, 6) is -3.97. The lowest BCUT2D eigenvalue weighted by Crippen LogP contribution is -2.31. The standard InChI is InChI=1S/C23H15ClO9/c1-10(25)31-12-3-4-13-14(9-20(26)32-19(13)7-12)15(22(28)29)8-17-21(27)16-6-11(24)2-5-18(16)33-23(17)30/h2-9,15,23,30H,1H3,(H,28,29)/b17-8-/t15-,23+/m1/s1. The second-order valence-electron chi connectivity index (χ2n) is 7.15.